The molecular weight excluding hydrogens is 522 g/mol. The van der Waals surface area contributed by atoms with Gasteiger partial charge in [0.15, 0.2) is 23.1 Å². The molecule has 0 aromatic carbocycles. The molecule has 0 atom stereocenters. The number of Topliss-reactive ketones (excluding diaryl/α,β-unsaturated/α-hetero) is 4. The standard InChI is InChI=1S/C25H37NO13/c1-18(27)25(19(2)28,20(3)29)21(30)6-8-34-10-12-36-14-16-38-17-15-37-13-11-35-9-7-24(33)39-26-22(31)4-5-23(26)32/h4-17H2,1-3H3. The largest absolute Gasteiger partial charge is 0.379 e. The predicted octanol–water partition coefficient (Wildman–Crippen LogP) is -0.221. The van der Waals surface area contributed by atoms with Gasteiger partial charge in [-0.15, -0.1) is 5.06 Å². The maximum Gasteiger partial charge on any atom is 0.335 e. The lowest BCUT2D eigenvalue weighted by molar-refractivity contribution is -0.198. The molecule has 1 fully saturated rings. The first kappa shape index (κ1) is 34.1. The van der Waals surface area contributed by atoms with Gasteiger partial charge in [-0.3, -0.25) is 28.8 Å². The Hall–Kier alpha value is -2.91. The third kappa shape index (κ3) is 11.4. The van der Waals surface area contributed by atoms with Crippen LogP contribution >= 0.6 is 0 Å². The normalized spacial score (nSPS) is 13.6. The summed E-state index contributed by atoms with van der Waals surface area (Å²) in [5.41, 5.74) is -2.25. The molecule has 0 aliphatic carbocycles. The van der Waals surface area contributed by atoms with Gasteiger partial charge < -0.3 is 28.5 Å². The Bertz CT molecular complexity index is 833. The van der Waals surface area contributed by atoms with E-state index in [1.165, 1.54) is 0 Å². The fourth-order valence-corrected chi connectivity index (χ4v) is 3.63. The lowest BCUT2D eigenvalue weighted by Crippen LogP contribution is -2.50. The minimum Gasteiger partial charge on any atom is -0.379 e. The molecule has 1 saturated heterocycles. The summed E-state index contributed by atoms with van der Waals surface area (Å²) < 4.78 is 26.5. The summed E-state index contributed by atoms with van der Waals surface area (Å²) in [6.07, 6.45) is -0.279. The van der Waals surface area contributed by atoms with Crippen LogP contribution in [-0.2, 0) is 62.1 Å². The van der Waals surface area contributed by atoms with Crippen molar-refractivity contribution in [1.29, 1.82) is 0 Å². The van der Waals surface area contributed by atoms with E-state index in [1.807, 2.05) is 0 Å². The molecule has 0 aromatic heterocycles. The van der Waals surface area contributed by atoms with Gasteiger partial charge in [0.25, 0.3) is 11.8 Å². The fraction of sp³-hybridized carbons (Fsp3) is 0.720. The van der Waals surface area contributed by atoms with Gasteiger partial charge in [-0.2, -0.15) is 0 Å². The van der Waals surface area contributed by atoms with Crippen molar-refractivity contribution in [1.82, 2.24) is 5.06 Å². The van der Waals surface area contributed by atoms with E-state index in [4.69, 9.17) is 28.5 Å². The number of hydrogen-bond acceptors (Lipinski definition) is 13. The summed E-state index contributed by atoms with van der Waals surface area (Å²) in [5.74, 6) is -4.94. The maximum absolute atomic E-state index is 12.4. The van der Waals surface area contributed by atoms with Crippen LogP contribution in [0.15, 0.2) is 0 Å². The molecule has 14 heteroatoms. The van der Waals surface area contributed by atoms with Gasteiger partial charge in [0.05, 0.1) is 72.5 Å². The molecule has 0 spiro atoms. The van der Waals surface area contributed by atoms with Crippen molar-refractivity contribution in [3.8, 4) is 0 Å². The van der Waals surface area contributed by atoms with Gasteiger partial charge in [0, 0.05) is 19.3 Å². The van der Waals surface area contributed by atoms with E-state index in [9.17, 15) is 33.6 Å². The molecule has 1 rings (SSSR count). The smallest absolute Gasteiger partial charge is 0.335 e. The summed E-state index contributed by atoms with van der Waals surface area (Å²) in [6, 6.07) is 0. The quantitative estimate of drug-likeness (QED) is 0.0912. The number of hydrogen-bond donors (Lipinski definition) is 0. The summed E-state index contributed by atoms with van der Waals surface area (Å²) in [6.45, 7) is 5.37. The Morgan fingerprint density at radius 1 is 0.590 bits per heavy atom. The van der Waals surface area contributed by atoms with Crippen molar-refractivity contribution < 1.29 is 62.1 Å². The van der Waals surface area contributed by atoms with Crippen molar-refractivity contribution in [2.45, 2.75) is 46.5 Å². The number of ether oxygens (including phenoxy) is 5. The van der Waals surface area contributed by atoms with Crippen molar-refractivity contribution in [2.24, 2.45) is 5.41 Å². The van der Waals surface area contributed by atoms with Crippen molar-refractivity contribution in [3.63, 3.8) is 0 Å². The first-order valence-corrected chi connectivity index (χ1v) is 12.6. The highest BCUT2D eigenvalue weighted by atomic mass is 16.7. The van der Waals surface area contributed by atoms with Crippen LogP contribution < -0.4 is 0 Å². The lowest BCUT2D eigenvalue weighted by Gasteiger charge is -2.23. The highest BCUT2D eigenvalue weighted by molar-refractivity contribution is 6.37. The molecule has 39 heavy (non-hydrogen) atoms. The molecule has 0 saturated carbocycles. The molecule has 14 nitrogen and oxygen atoms in total. The molecular formula is C25H37NO13. The zero-order valence-corrected chi connectivity index (χ0v) is 22.7. The van der Waals surface area contributed by atoms with Crippen LogP contribution in [0.2, 0.25) is 0 Å². The summed E-state index contributed by atoms with van der Waals surface area (Å²) in [4.78, 5) is 87.0. The molecule has 0 bridgehead atoms. The second kappa shape index (κ2) is 18.4. The highest BCUT2D eigenvalue weighted by Gasteiger charge is 2.51. The van der Waals surface area contributed by atoms with Crippen LogP contribution in [-0.4, -0.2) is 112 Å². The SMILES string of the molecule is CC(=O)C(C(C)=O)(C(C)=O)C(=O)CCOCCOCCOCCOCCOCCC(=O)ON1C(=O)CCC1=O. The minimum absolute atomic E-state index is 0.0382. The topological polar surface area (TPSA) is 178 Å². The van der Waals surface area contributed by atoms with Gasteiger partial charge >= 0.3 is 5.97 Å². The second-order valence-electron chi connectivity index (χ2n) is 8.45. The highest BCUT2D eigenvalue weighted by Crippen LogP contribution is 2.25. The molecule has 220 valence electrons. The van der Waals surface area contributed by atoms with Gasteiger partial charge in [-0.05, 0) is 20.8 Å². The first-order chi connectivity index (χ1) is 18.5. The Morgan fingerprint density at radius 3 is 1.28 bits per heavy atom. The Balaban J connectivity index is 1.93. The van der Waals surface area contributed by atoms with Gasteiger partial charge in [0.2, 0.25) is 5.41 Å². The van der Waals surface area contributed by atoms with E-state index in [-0.39, 0.29) is 65.3 Å². The first-order valence-electron chi connectivity index (χ1n) is 12.6. The van der Waals surface area contributed by atoms with E-state index in [1.54, 1.807) is 0 Å². The number of ketones is 4. The van der Waals surface area contributed by atoms with E-state index in [0.717, 1.165) is 20.8 Å². The van der Waals surface area contributed by atoms with Crippen molar-refractivity contribution in [3.05, 3.63) is 0 Å². The van der Waals surface area contributed by atoms with Crippen LogP contribution in [0.3, 0.4) is 0 Å². The second-order valence-corrected chi connectivity index (χ2v) is 8.45. The lowest BCUT2D eigenvalue weighted by atomic mass is 9.72. The molecule has 0 unspecified atom stereocenters. The van der Waals surface area contributed by atoms with Crippen LogP contribution in [0, 0.1) is 5.41 Å². The average molecular weight is 560 g/mol. The monoisotopic (exact) mass is 559 g/mol. The predicted molar refractivity (Wildman–Crippen MR) is 130 cm³/mol. The van der Waals surface area contributed by atoms with Gasteiger partial charge in [-0.1, -0.05) is 0 Å². The summed E-state index contributed by atoms with van der Waals surface area (Å²) in [5, 5.41) is 0.492. The number of carbonyl (C=O) groups is 7. The number of amides is 2. The number of nitrogens with zero attached hydrogens (tertiary/aromatic N) is 1. The zero-order chi connectivity index (χ0) is 29.3. The Kier molecular flexibility index (Phi) is 16.1. The van der Waals surface area contributed by atoms with Crippen LogP contribution in [0.25, 0.3) is 0 Å². The molecule has 2 amide bonds. The van der Waals surface area contributed by atoms with E-state index in [0.29, 0.717) is 31.5 Å². The number of hydroxylamine groups is 2. The van der Waals surface area contributed by atoms with Crippen LogP contribution in [0.4, 0.5) is 0 Å². The van der Waals surface area contributed by atoms with Crippen molar-refractivity contribution in [2.75, 3.05) is 66.1 Å². The van der Waals surface area contributed by atoms with E-state index >= 15 is 0 Å². The number of imide groups is 1. The van der Waals surface area contributed by atoms with E-state index in [2.05, 4.69) is 0 Å². The third-order valence-electron chi connectivity index (χ3n) is 5.61. The molecule has 0 aromatic rings. The molecule has 1 aliphatic rings. The molecule has 1 heterocycles. The molecule has 0 radical (unpaired) electrons. The minimum atomic E-state index is -2.25. The van der Waals surface area contributed by atoms with Crippen LogP contribution in [0.5, 0.6) is 0 Å². The van der Waals surface area contributed by atoms with Crippen molar-refractivity contribution >= 4 is 40.9 Å². The van der Waals surface area contributed by atoms with E-state index < -0.39 is 46.3 Å². The molecule has 1 aliphatic heterocycles. The average Bonchev–Trinajstić information content (AvgIpc) is 3.17. The summed E-state index contributed by atoms with van der Waals surface area (Å²) in [7, 11) is 0. The third-order valence-corrected chi connectivity index (χ3v) is 5.61. The molecule has 0 N–H and O–H groups in total. The maximum atomic E-state index is 12.4. The Morgan fingerprint density at radius 2 is 0.923 bits per heavy atom. The van der Waals surface area contributed by atoms with Gasteiger partial charge in [0.1, 0.15) is 0 Å². The Labute approximate surface area is 226 Å². The number of carbonyl (C=O) groups excluding carboxylic acids is 7. The summed E-state index contributed by atoms with van der Waals surface area (Å²) >= 11 is 0. The fourth-order valence-electron chi connectivity index (χ4n) is 3.63. The van der Waals surface area contributed by atoms with Crippen LogP contribution in [0.1, 0.15) is 46.5 Å². The number of rotatable bonds is 23. The zero-order valence-electron chi connectivity index (χ0n) is 22.7. The van der Waals surface area contributed by atoms with Gasteiger partial charge in [-0.25, -0.2) is 4.79 Å².